The van der Waals surface area contributed by atoms with E-state index in [-0.39, 0.29) is 11.9 Å². The van der Waals surface area contributed by atoms with E-state index in [1.54, 1.807) is 0 Å². The molecule has 2 aromatic rings. The minimum Gasteiger partial charge on any atom is -0.348 e. The first-order chi connectivity index (χ1) is 12.3. The number of carbonyl (C=O) groups excluding carboxylic acids is 1. The summed E-state index contributed by atoms with van der Waals surface area (Å²) in [7, 11) is 0. The van der Waals surface area contributed by atoms with Crippen molar-refractivity contribution in [1.29, 1.82) is 0 Å². The molecule has 0 atom stereocenters. The maximum Gasteiger partial charge on any atom is 0.271 e. The number of nitrogens with one attached hydrogen (secondary N) is 1. The zero-order valence-electron chi connectivity index (χ0n) is 14.7. The Hall–Kier alpha value is -2.14. The Kier molecular flexibility index (Phi) is 4.83. The molecule has 5 heteroatoms. The van der Waals surface area contributed by atoms with Crippen molar-refractivity contribution in [2.24, 2.45) is 0 Å². The van der Waals surface area contributed by atoms with Crippen molar-refractivity contribution in [1.82, 2.24) is 19.8 Å². The molecule has 0 bridgehead atoms. The van der Waals surface area contributed by atoms with Crippen molar-refractivity contribution in [2.45, 2.75) is 51.2 Å². The maximum absolute atomic E-state index is 12.5. The highest BCUT2D eigenvalue weighted by molar-refractivity contribution is 5.92. The molecule has 0 aliphatic carbocycles. The number of benzene rings is 1. The van der Waals surface area contributed by atoms with Gasteiger partial charge in [0.25, 0.3) is 5.91 Å². The molecule has 0 saturated carbocycles. The summed E-state index contributed by atoms with van der Waals surface area (Å²) in [6.45, 7) is 4.04. The van der Waals surface area contributed by atoms with Gasteiger partial charge in [0.15, 0.2) is 0 Å². The highest BCUT2D eigenvalue weighted by atomic mass is 16.2. The lowest BCUT2D eigenvalue weighted by Gasteiger charge is -2.32. The van der Waals surface area contributed by atoms with E-state index in [9.17, 15) is 4.79 Å². The minimum absolute atomic E-state index is 0.0107. The van der Waals surface area contributed by atoms with Crippen LogP contribution in [0.3, 0.4) is 0 Å². The second-order valence-electron chi connectivity index (χ2n) is 7.20. The predicted octanol–water partition coefficient (Wildman–Crippen LogP) is 2.61. The van der Waals surface area contributed by atoms with Crippen molar-refractivity contribution in [3.8, 4) is 0 Å². The third kappa shape index (κ3) is 3.93. The number of fused-ring (bicyclic) bond motifs is 1. The lowest BCUT2D eigenvalue weighted by atomic mass is 10.0. The van der Waals surface area contributed by atoms with Gasteiger partial charge >= 0.3 is 0 Å². The fourth-order valence-corrected chi connectivity index (χ4v) is 3.86. The molecule has 3 heterocycles. The van der Waals surface area contributed by atoms with Gasteiger partial charge in [0.2, 0.25) is 0 Å². The van der Waals surface area contributed by atoms with Crippen LogP contribution in [-0.4, -0.2) is 39.5 Å². The molecule has 1 amide bonds. The highest BCUT2D eigenvalue weighted by Crippen LogP contribution is 2.16. The first-order valence-corrected chi connectivity index (χ1v) is 9.41. The van der Waals surface area contributed by atoms with Gasteiger partial charge in [-0.25, -0.2) is 4.98 Å². The van der Waals surface area contributed by atoms with Gasteiger partial charge in [-0.1, -0.05) is 30.3 Å². The summed E-state index contributed by atoms with van der Waals surface area (Å²) in [5.41, 5.74) is 1.94. The molecule has 5 nitrogen and oxygen atoms in total. The van der Waals surface area contributed by atoms with Gasteiger partial charge in [0.05, 0.1) is 0 Å². The number of imidazole rings is 1. The summed E-state index contributed by atoms with van der Waals surface area (Å²) >= 11 is 0. The monoisotopic (exact) mass is 338 g/mol. The summed E-state index contributed by atoms with van der Waals surface area (Å²) in [4.78, 5) is 19.5. The van der Waals surface area contributed by atoms with Crippen LogP contribution in [0.5, 0.6) is 0 Å². The van der Waals surface area contributed by atoms with Crippen LogP contribution in [0.4, 0.5) is 0 Å². The number of carbonyl (C=O) groups is 1. The second kappa shape index (κ2) is 7.40. The van der Waals surface area contributed by atoms with E-state index < -0.39 is 0 Å². The fraction of sp³-hybridized carbons (Fsp3) is 0.500. The third-order valence-electron chi connectivity index (χ3n) is 5.31. The van der Waals surface area contributed by atoms with E-state index in [4.69, 9.17) is 0 Å². The summed E-state index contributed by atoms with van der Waals surface area (Å²) in [6.07, 6.45) is 7.29. The lowest BCUT2D eigenvalue weighted by Crippen LogP contribution is -2.44. The minimum atomic E-state index is -0.0107. The van der Waals surface area contributed by atoms with Crippen LogP contribution < -0.4 is 5.32 Å². The molecule has 2 aliphatic heterocycles. The van der Waals surface area contributed by atoms with Crippen LogP contribution in [0.2, 0.25) is 0 Å². The molecule has 1 aromatic carbocycles. The number of aromatic nitrogens is 2. The summed E-state index contributed by atoms with van der Waals surface area (Å²) in [5, 5.41) is 3.19. The smallest absolute Gasteiger partial charge is 0.271 e. The summed E-state index contributed by atoms with van der Waals surface area (Å²) < 4.78 is 2.14. The van der Waals surface area contributed by atoms with E-state index in [0.29, 0.717) is 5.69 Å². The van der Waals surface area contributed by atoms with Gasteiger partial charge in [0, 0.05) is 44.8 Å². The molecule has 2 aliphatic rings. The summed E-state index contributed by atoms with van der Waals surface area (Å²) in [6, 6.07) is 10.8. The van der Waals surface area contributed by atoms with E-state index in [2.05, 4.69) is 50.1 Å². The number of aryl methyl sites for hydroxylation is 2. The number of hydrogen-bond acceptors (Lipinski definition) is 3. The molecule has 1 aromatic heterocycles. The molecular weight excluding hydrogens is 312 g/mol. The first kappa shape index (κ1) is 16.3. The Bertz CT molecular complexity index is 693. The first-order valence-electron chi connectivity index (χ1n) is 9.41. The van der Waals surface area contributed by atoms with Gasteiger partial charge in [-0.05, 0) is 31.2 Å². The normalized spacial score (nSPS) is 18.7. The average molecular weight is 338 g/mol. The van der Waals surface area contributed by atoms with Crippen molar-refractivity contribution in [3.05, 3.63) is 53.6 Å². The number of nitrogens with zero attached hydrogens (tertiary/aromatic N) is 3. The third-order valence-corrected chi connectivity index (χ3v) is 5.31. The average Bonchev–Trinajstić information content (AvgIpc) is 3.09. The van der Waals surface area contributed by atoms with E-state index in [1.165, 1.54) is 18.4 Å². The summed E-state index contributed by atoms with van der Waals surface area (Å²) in [5.74, 6) is 1.05. The highest BCUT2D eigenvalue weighted by Gasteiger charge is 2.23. The number of hydrogen-bond donors (Lipinski definition) is 1. The van der Waals surface area contributed by atoms with Gasteiger partial charge < -0.3 is 9.88 Å². The van der Waals surface area contributed by atoms with Crippen molar-refractivity contribution >= 4 is 5.91 Å². The quantitative estimate of drug-likeness (QED) is 0.932. The molecule has 1 N–H and O–H groups in total. The van der Waals surface area contributed by atoms with Gasteiger partial charge in [-0.3, -0.25) is 9.69 Å². The number of piperidine rings is 1. The Balaban J connectivity index is 1.28. The molecular formula is C20H26N4O. The topological polar surface area (TPSA) is 50.2 Å². The zero-order chi connectivity index (χ0) is 17.1. The van der Waals surface area contributed by atoms with E-state index >= 15 is 0 Å². The van der Waals surface area contributed by atoms with Crippen molar-refractivity contribution in [2.75, 3.05) is 13.1 Å². The number of likely N-dealkylation sites (tertiary alicyclic amines) is 1. The second-order valence-corrected chi connectivity index (χ2v) is 7.20. The Labute approximate surface area is 149 Å². The molecule has 0 unspecified atom stereocenters. The zero-order valence-corrected chi connectivity index (χ0v) is 14.7. The molecule has 25 heavy (non-hydrogen) atoms. The standard InChI is InChI=1S/C20H26N4O/c25-20(18-15-24-11-5-4-8-19(24)22-18)21-17-9-12-23(13-10-17)14-16-6-2-1-3-7-16/h1-3,6-7,15,17H,4-5,8-14H2,(H,21,25). The SMILES string of the molecule is O=C(NC1CCN(Cc2ccccc2)CC1)c1cn2c(n1)CCCC2. The molecule has 0 radical (unpaired) electrons. The van der Waals surface area contributed by atoms with Crippen LogP contribution in [0.25, 0.3) is 0 Å². The van der Waals surface area contributed by atoms with Crippen LogP contribution in [0, 0.1) is 0 Å². The number of rotatable bonds is 4. The molecule has 132 valence electrons. The predicted molar refractivity (Wildman–Crippen MR) is 97.4 cm³/mol. The van der Waals surface area contributed by atoms with Crippen molar-refractivity contribution in [3.63, 3.8) is 0 Å². The van der Waals surface area contributed by atoms with Gasteiger partial charge in [0.1, 0.15) is 11.5 Å². The molecule has 4 rings (SSSR count). The van der Waals surface area contributed by atoms with E-state index in [1.807, 2.05) is 6.20 Å². The van der Waals surface area contributed by atoms with E-state index in [0.717, 1.165) is 51.3 Å². The molecule has 1 fully saturated rings. The van der Waals surface area contributed by atoms with Crippen LogP contribution >= 0.6 is 0 Å². The number of amides is 1. The Morgan fingerprint density at radius 3 is 2.68 bits per heavy atom. The van der Waals surface area contributed by atoms with Gasteiger partial charge in [-0.2, -0.15) is 0 Å². The van der Waals surface area contributed by atoms with Crippen LogP contribution in [-0.2, 0) is 19.5 Å². The molecule has 1 saturated heterocycles. The maximum atomic E-state index is 12.5. The van der Waals surface area contributed by atoms with Crippen molar-refractivity contribution < 1.29 is 4.79 Å². The Morgan fingerprint density at radius 1 is 1.12 bits per heavy atom. The Morgan fingerprint density at radius 2 is 1.92 bits per heavy atom. The fourth-order valence-electron chi connectivity index (χ4n) is 3.86. The van der Waals surface area contributed by atoms with Crippen LogP contribution in [0.1, 0.15) is 47.6 Å². The molecule has 0 spiro atoms. The van der Waals surface area contributed by atoms with Gasteiger partial charge in [-0.15, -0.1) is 0 Å². The lowest BCUT2D eigenvalue weighted by molar-refractivity contribution is 0.0904. The largest absolute Gasteiger partial charge is 0.348 e. The van der Waals surface area contributed by atoms with Crippen LogP contribution in [0.15, 0.2) is 36.5 Å².